The lowest BCUT2D eigenvalue weighted by atomic mass is 9.90. The van der Waals surface area contributed by atoms with Crippen molar-refractivity contribution in [3.05, 3.63) is 166 Å². The molecule has 0 amide bonds. The predicted molar refractivity (Wildman–Crippen MR) is 217 cm³/mol. The lowest BCUT2D eigenvalue weighted by molar-refractivity contribution is 1.24. The first-order valence-electron chi connectivity index (χ1n) is 17.7. The normalized spacial score (nSPS) is 11.6. The van der Waals surface area contributed by atoms with Gasteiger partial charge in [-0.1, -0.05) is 60.7 Å². The fourth-order valence-corrected chi connectivity index (χ4v) is 8.36. The molecule has 2 heteroatoms. The Kier molecular flexibility index (Phi) is 7.64. The summed E-state index contributed by atoms with van der Waals surface area (Å²) in [5.41, 5.74) is 17.2. The summed E-state index contributed by atoms with van der Waals surface area (Å²) >= 11 is 0. The zero-order valence-corrected chi connectivity index (χ0v) is 30.4. The number of nitrogens with zero attached hydrogens (tertiary/aromatic N) is 2. The molecule has 0 aromatic heterocycles. The second kappa shape index (κ2) is 12.1. The molecule has 50 heavy (non-hydrogen) atoms. The average Bonchev–Trinajstić information content (AvgIpc) is 3.03. The molecule has 0 aliphatic heterocycles. The third kappa shape index (κ3) is 5.55. The first kappa shape index (κ1) is 31.7. The summed E-state index contributed by atoms with van der Waals surface area (Å²) in [5.74, 6) is 0. The standard InChI is InChI=1S/C48H44N2/c1-29-15-30(2)20-39(19-29)49(40-21-31(3)16-32(4)22-40)45-27-37-11-10-14-44-46(28-38-12-9-13-43(45)47(38)48(37)44)50(41-23-33(5)17-34(6)24-41)42-25-35(7)18-36(8)26-42/h9-28H,1-8H3. The van der Waals surface area contributed by atoms with Gasteiger partial charge in [0, 0.05) is 33.5 Å². The first-order chi connectivity index (χ1) is 24.0. The lowest BCUT2D eigenvalue weighted by Gasteiger charge is -2.31. The Hall–Kier alpha value is -5.60. The van der Waals surface area contributed by atoms with Crippen LogP contribution in [0.15, 0.2) is 121 Å². The van der Waals surface area contributed by atoms with Crippen molar-refractivity contribution in [1.82, 2.24) is 0 Å². The van der Waals surface area contributed by atoms with Crippen molar-refractivity contribution < 1.29 is 0 Å². The summed E-state index contributed by atoms with van der Waals surface area (Å²) in [4.78, 5) is 4.95. The van der Waals surface area contributed by atoms with Gasteiger partial charge < -0.3 is 9.80 Å². The molecule has 0 atom stereocenters. The van der Waals surface area contributed by atoms with Crippen LogP contribution in [-0.4, -0.2) is 0 Å². The van der Waals surface area contributed by atoms with Crippen molar-refractivity contribution >= 4 is 66.4 Å². The molecule has 0 spiro atoms. The minimum atomic E-state index is 1.18. The number of aryl methyl sites for hydroxylation is 8. The van der Waals surface area contributed by atoms with Gasteiger partial charge in [0.1, 0.15) is 0 Å². The number of rotatable bonds is 6. The Morgan fingerprint density at radius 2 is 0.560 bits per heavy atom. The van der Waals surface area contributed by atoms with Gasteiger partial charge >= 0.3 is 0 Å². The second-order valence-corrected chi connectivity index (χ2v) is 14.7. The van der Waals surface area contributed by atoms with Crippen molar-refractivity contribution in [2.45, 2.75) is 55.4 Å². The molecule has 0 saturated heterocycles. The van der Waals surface area contributed by atoms with Crippen molar-refractivity contribution in [1.29, 1.82) is 0 Å². The third-order valence-corrected chi connectivity index (χ3v) is 9.92. The van der Waals surface area contributed by atoms with Crippen LogP contribution in [0.25, 0.3) is 32.3 Å². The number of anilines is 6. The fraction of sp³-hybridized carbons (Fsp3) is 0.167. The van der Waals surface area contributed by atoms with E-state index in [4.69, 9.17) is 0 Å². The molecule has 0 aliphatic rings. The monoisotopic (exact) mass is 648 g/mol. The van der Waals surface area contributed by atoms with E-state index >= 15 is 0 Å². The van der Waals surface area contributed by atoms with Crippen LogP contribution in [-0.2, 0) is 0 Å². The molecule has 8 rings (SSSR count). The minimum Gasteiger partial charge on any atom is -0.310 e. The zero-order chi connectivity index (χ0) is 34.8. The highest BCUT2D eigenvalue weighted by atomic mass is 15.2. The molecule has 0 N–H and O–H groups in total. The van der Waals surface area contributed by atoms with E-state index in [0.29, 0.717) is 0 Å². The summed E-state index contributed by atoms with van der Waals surface area (Å²) in [6.07, 6.45) is 0. The first-order valence-corrected chi connectivity index (χ1v) is 17.7. The van der Waals surface area contributed by atoms with Crippen LogP contribution < -0.4 is 9.80 Å². The second-order valence-electron chi connectivity index (χ2n) is 14.7. The van der Waals surface area contributed by atoms with Crippen LogP contribution in [0, 0.1) is 55.4 Å². The maximum Gasteiger partial charge on any atom is 0.0546 e. The van der Waals surface area contributed by atoms with Crippen molar-refractivity contribution in [2.24, 2.45) is 0 Å². The number of hydrogen-bond donors (Lipinski definition) is 0. The van der Waals surface area contributed by atoms with Crippen molar-refractivity contribution in [2.75, 3.05) is 9.80 Å². The van der Waals surface area contributed by atoms with Crippen molar-refractivity contribution in [3.63, 3.8) is 0 Å². The van der Waals surface area contributed by atoms with Gasteiger partial charge in [-0.15, -0.1) is 0 Å². The SMILES string of the molecule is Cc1cc(C)cc(N(c2cc(C)cc(C)c2)c2cc3cccc4c(N(c5cc(C)cc(C)c5)c5cc(C)cc(C)c5)cc5cccc2c5c34)c1. The summed E-state index contributed by atoms with van der Waals surface area (Å²) in [6.45, 7) is 17.6. The van der Waals surface area contributed by atoms with E-state index in [1.165, 1.54) is 111 Å². The van der Waals surface area contributed by atoms with Crippen LogP contribution in [0.2, 0.25) is 0 Å². The van der Waals surface area contributed by atoms with Gasteiger partial charge in [0.05, 0.1) is 11.4 Å². The molecule has 8 aromatic rings. The maximum atomic E-state index is 2.47. The topological polar surface area (TPSA) is 6.48 Å². The zero-order valence-electron chi connectivity index (χ0n) is 30.4. The van der Waals surface area contributed by atoms with E-state index in [2.05, 4.69) is 187 Å². The fourth-order valence-electron chi connectivity index (χ4n) is 8.36. The van der Waals surface area contributed by atoms with E-state index in [1.807, 2.05) is 0 Å². The number of benzene rings is 8. The molecule has 0 aliphatic carbocycles. The Morgan fingerprint density at radius 3 is 0.820 bits per heavy atom. The molecule has 246 valence electrons. The molecular weight excluding hydrogens is 605 g/mol. The molecule has 2 nitrogen and oxygen atoms in total. The van der Waals surface area contributed by atoms with Gasteiger partial charge in [-0.25, -0.2) is 0 Å². The van der Waals surface area contributed by atoms with Gasteiger partial charge in [-0.3, -0.25) is 0 Å². The van der Waals surface area contributed by atoms with Gasteiger partial charge in [-0.05, 0) is 182 Å². The summed E-state index contributed by atoms with van der Waals surface area (Å²) in [7, 11) is 0. The summed E-state index contributed by atoms with van der Waals surface area (Å²) < 4.78 is 0. The largest absolute Gasteiger partial charge is 0.310 e. The predicted octanol–water partition coefficient (Wildman–Crippen LogP) is 14.0. The van der Waals surface area contributed by atoms with Gasteiger partial charge in [0.25, 0.3) is 0 Å². The molecule has 0 saturated carbocycles. The minimum absolute atomic E-state index is 1.18. The molecule has 8 aromatic carbocycles. The van der Waals surface area contributed by atoms with Crippen molar-refractivity contribution in [3.8, 4) is 0 Å². The molecule has 0 fully saturated rings. The van der Waals surface area contributed by atoms with Crippen LogP contribution in [0.1, 0.15) is 44.5 Å². The van der Waals surface area contributed by atoms with E-state index in [1.54, 1.807) is 0 Å². The van der Waals surface area contributed by atoms with Crippen LogP contribution in [0.5, 0.6) is 0 Å². The Morgan fingerprint density at radius 1 is 0.300 bits per heavy atom. The van der Waals surface area contributed by atoms with Crippen LogP contribution in [0.3, 0.4) is 0 Å². The highest BCUT2D eigenvalue weighted by molar-refractivity contribution is 6.29. The molecule has 0 bridgehead atoms. The smallest absolute Gasteiger partial charge is 0.0546 e. The van der Waals surface area contributed by atoms with E-state index < -0.39 is 0 Å². The molecule has 0 unspecified atom stereocenters. The highest BCUT2D eigenvalue weighted by Gasteiger charge is 2.24. The number of hydrogen-bond acceptors (Lipinski definition) is 2. The van der Waals surface area contributed by atoms with E-state index in [0.717, 1.165) is 0 Å². The highest BCUT2D eigenvalue weighted by Crippen LogP contribution is 2.49. The third-order valence-electron chi connectivity index (χ3n) is 9.92. The summed E-state index contributed by atoms with van der Waals surface area (Å²) in [5, 5.41) is 7.59. The maximum absolute atomic E-state index is 2.47. The molecule has 0 heterocycles. The lowest BCUT2D eigenvalue weighted by Crippen LogP contribution is -2.13. The van der Waals surface area contributed by atoms with Gasteiger partial charge in [0.2, 0.25) is 0 Å². The summed E-state index contributed by atoms with van der Waals surface area (Å²) in [6, 6.07) is 46.1. The van der Waals surface area contributed by atoms with Gasteiger partial charge in [0.15, 0.2) is 0 Å². The Bertz CT molecular complexity index is 2230. The quantitative estimate of drug-likeness (QED) is 0.166. The van der Waals surface area contributed by atoms with E-state index in [9.17, 15) is 0 Å². The van der Waals surface area contributed by atoms with E-state index in [-0.39, 0.29) is 0 Å². The Labute approximate surface area is 296 Å². The van der Waals surface area contributed by atoms with Gasteiger partial charge in [-0.2, -0.15) is 0 Å². The molecular formula is C48H44N2. The molecule has 0 radical (unpaired) electrons. The van der Waals surface area contributed by atoms with Crippen LogP contribution >= 0.6 is 0 Å². The average molecular weight is 649 g/mol. The Balaban J connectivity index is 1.46. The van der Waals surface area contributed by atoms with Crippen LogP contribution in [0.4, 0.5) is 34.1 Å².